The maximum atomic E-state index is 13.0. The average molecular weight is 314 g/mol. The molecule has 1 amide bonds. The zero-order valence-corrected chi connectivity index (χ0v) is 13.1. The van der Waals surface area contributed by atoms with E-state index < -0.39 is 23.3 Å². The molecule has 0 radical (unpaired) electrons. The summed E-state index contributed by atoms with van der Waals surface area (Å²) in [6, 6.07) is 2.10. The van der Waals surface area contributed by atoms with Gasteiger partial charge in [-0.1, -0.05) is 20.8 Å². The van der Waals surface area contributed by atoms with Gasteiger partial charge in [0.05, 0.1) is 5.56 Å². The third-order valence-electron chi connectivity index (χ3n) is 4.32. The topological polar surface area (TPSA) is 33.2 Å². The van der Waals surface area contributed by atoms with Gasteiger partial charge in [-0.2, -0.15) is 13.2 Å². The first-order valence-electron chi connectivity index (χ1n) is 7.42. The van der Waals surface area contributed by atoms with E-state index in [4.69, 9.17) is 0 Å². The molecular formula is C16H21F3N2O. The van der Waals surface area contributed by atoms with Crippen LogP contribution >= 0.6 is 0 Å². The lowest BCUT2D eigenvalue weighted by molar-refractivity contribution is -0.138. The van der Waals surface area contributed by atoms with E-state index in [-0.39, 0.29) is 5.41 Å². The second-order valence-corrected chi connectivity index (χ2v) is 6.83. The van der Waals surface area contributed by atoms with Crippen molar-refractivity contribution in [2.75, 3.05) is 13.1 Å². The molecule has 1 fully saturated rings. The maximum Gasteiger partial charge on any atom is 0.418 e. The van der Waals surface area contributed by atoms with E-state index >= 15 is 0 Å². The molecule has 0 spiro atoms. The molecule has 0 aliphatic carbocycles. The van der Waals surface area contributed by atoms with E-state index in [1.54, 1.807) is 0 Å². The number of carbonyl (C=O) groups excluding carboxylic acids is 1. The number of alkyl halides is 3. The van der Waals surface area contributed by atoms with Gasteiger partial charge in [0.2, 0.25) is 0 Å². The van der Waals surface area contributed by atoms with Crippen LogP contribution in [0.25, 0.3) is 0 Å². The molecule has 1 aromatic rings. The molecule has 22 heavy (non-hydrogen) atoms. The molecule has 2 rings (SSSR count). The molecule has 0 atom stereocenters. The summed E-state index contributed by atoms with van der Waals surface area (Å²) in [4.78, 5) is 17.5. The first-order chi connectivity index (χ1) is 10.1. The smallest absolute Gasteiger partial charge is 0.337 e. The SMILES string of the molecule is CC(C)(C)C1CCN(C(=O)c2ncccc2C(F)(F)F)CC1. The molecule has 0 saturated carbocycles. The predicted molar refractivity (Wildman–Crippen MR) is 77.3 cm³/mol. The summed E-state index contributed by atoms with van der Waals surface area (Å²) in [5.74, 6) is -0.150. The van der Waals surface area contributed by atoms with Gasteiger partial charge in [-0.05, 0) is 36.3 Å². The van der Waals surface area contributed by atoms with Crippen molar-refractivity contribution in [2.24, 2.45) is 11.3 Å². The molecule has 1 saturated heterocycles. The summed E-state index contributed by atoms with van der Waals surface area (Å²) in [6.45, 7) is 7.41. The number of aromatic nitrogens is 1. The summed E-state index contributed by atoms with van der Waals surface area (Å²) in [5.41, 5.74) is -1.31. The van der Waals surface area contributed by atoms with Gasteiger partial charge >= 0.3 is 6.18 Å². The van der Waals surface area contributed by atoms with E-state index in [9.17, 15) is 18.0 Å². The van der Waals surface area contributed by atoms with Crippen molar-refractivity contribution in [3.8, 4) is 0 Å². The minimum atomic E-state index is -4.57. The number of likely N-dealkylation sites (tertiary alicyclic amines) is 1. The standard InChI is InChI=1S/C16H21F3N2O/c1-15(2,3)11-6-9-21(10-7-11)14(22)13-12(16(17,18)19)5-4-8-20-13/h4-5,8,11H,6-7,9-10H2,1-3H3. The highest BCUT2D eigenvalue weighted by atomic mass is 19.4. The highest BCUT2D eigenvalue weighted by molar-refractivity contribution is 5.94. The van der Waals surface area contributed by atoms with Gasteiger partial charge in [-0.15, -0.1) is 0 Å². The Morgan fingerprint density at radius 2 is 1.82 bits per heavy atom. The largest absolute Gasteiger partial charge is 0.418 e. The van der Waals surface area contributed by atoms with Crippen LogP contribution in [-0.4, -0.2) is 28.9 Å². The molecule has 1 aliphatic rings. The maximum absolute atomic E-state index is 13.0. The lowest BCUT2D eigenvalue weighted by Gasteiger charge is -2.38. The van der Waals surface area contributed by atoms with Crippen molar-refractivity contribution in [1.82, 2.24) is 9.88 Å². The van der Waals surface area contributed by atoms with E-state index in [1.807, 2.05) is 0 Å². The zero-order valence-electron chi connectivity index (χ0n) is 13.1. The second kappa shape index (κ2) is 5.89. The van der Waals surface area contributed by atoms with Gasteiger partial charge in [0.1, 0.15) is 5.69 Å². The molecule has 6 heteroatoms. The van der Waals surface area contributed by atoms with Crippen LogP contribution in [-0.2, 0) is 6.18 Å². The Balaban J connectivity index is 2.15. The number of hydrogen-bond acceptors (Lipinski definition) is 2. The minimum absolute atomic E-state index is 0.150. The van der Waals surface area contributed by atoms with E-state index in [0.717, 1.165) is 18.9 Å². The molecule has 1 aromatic heterocycles. The van der Waals surface area contributed by atoms with Crippen molar-refractivity contribution in [1.29, 1.82) is 0 Å². The molecular weight excluding hydrogens is 293 g/mol. The van der Waals surface area contributed by atoms with Crippen LogP contribution in [0.1, 0.15) is 49.7 Å². The molecule has 0 bridgehead atoms. The normalized spacial score (nSPS) is 17.6. The Kier molecular flexibility index (Phi) is 4.49. The summed E-state index contributed by atoms with van der Waals surface area (Å²) in [6.07, 6.45) is -1.72. The summed E-state index contributed by atoms with van der Waals surface area (Å²) in [7, 11) is 0. The van der Waals surface area contributed by atoms with Crippen LogP contribution < -0.4 is 0 Å². The average Bonchev–Trinajstić information content (AvgIpc) is 2.45. The van der Waals surface area contributed by atoms with E-state index in [0.29, 0.717) is 19.0 Å². The molecule has 0 unspecified atom stereocenters. The van der Waals surface area contributed by atoms with Gasteiger partial charge in [-0.3, -0.25) is 9.78 Å². The molecule has 0 N–H and O–H groups in total. The Bertz CT molecular complexity index is 541. The Morgan fingerprint density at radius 1 is 1.23 bits per heavy atom. The first kappa shape index (κ1) is 16.8. The minimum Gasteiger partial charge on any atom is -0.337 e. The van der Waals surface area contributed by atoms with Crippen molar-refractivity contribution >= 4 is 5.91 Å². The van der Waals surface area contributed by atoms with Gasteiger partial charge in [0.15, 0.2) is 0 Å². The van der Waals surface area contributed by atoms with Crippen LogP contribution in [0.15, 0.2) is 18.3 Å². The van der Waals surface area contributed by atoms with Gasteiger partial charge in [0, 0.05) is 19.3 Å². The van der Waals surface area contributed by atoms with Crippen molar-refractivity contribution in [3.63, 3.8) is 0 Å². The van der Waals surface area contributed by atoms with Gasteiger partial charge in [-0.25, -0.2) is 0 Å². The Hall–Kier alpha value is -1.59. The lowest BCUT2D eigenvalue weighted by Crippen LogP contribution is -2.42. The quantitative estimate of drug-likeness (QED) is 0.785. The zero-order chi connectivity index (χ0) is 16.5. The first-order valence-corrected chi connectivity index (χ1v) is 7.42. The lowest BCUT2D eigenvalue weighted by atomic mass is 9.75. The fourth-order valence-corrected chi connectivity index (χ4v) is 2.90. The number of pyridine rings is 1. The van der Waals surface area contributed by atoms with Gasteiger partial charge < -0.3 is 4.90 Å². The molecule has 2 heterocycles. The molecule has 3 nitrogen and oxygen atoms in total. The predicted octanol–water partition coefficient (Wildman–Crippen LogP) is 4.00. The van der Waals surface area contributed by atoms with E-state index in [1.165, 1.54) is 17.2 Å². The fourth-order valence-electron chi connectivity index (χ4n) is 2.90. The third kappa shape index (κ3) is 3.59. The fraction of sp³-hybridized carbons (Fsp3) is 0.625. The monoisotopic (exact) mass is 314 g/mol. The van der Waals surface area contributed by atoms with Gasteiger partial charge in [0.25, 0.3) is 5.91 Å². The number of hydrogen-bond donors (Lipinski definition) is 0. The number of carbonyl (C=O) groups is 1. The van der Waals surface area contributed by atoms with Crippen molar-refractivity contribution in [2.45, 2.75) is 39.8 Å². The van der Waals surface area contributed by atoms with Crippen molar-refractivity contribution < 1.29 is 18.0 Å². The number of amides is 1. The van der Waals surface area contributed by atoms with Crippen LogP contribution in [0, 0.1) is 11.3 Å². The third-order valence-corrected chi connectivity index (χ3v) is 4.32. The van der Waals surface area contributed by atoms with Crippen LogP contribution in [0.4, 0.5) is 13.2 Å². The molecule has 0 aromatic carbocycles. The second-order valence-electron chi connectivity index (χ2n) is 6.83. The summed E-state index contributed by atoms with van der Waals surface area (Å²) < 4.78 is 39.0. The van der Waals surface area contributed by atoms with Crippen LogP contribution in [0.3, 0.4) is 0 Å². The number of nitrogens with zero attached hydrogens (tertiary/aromatic N) is 2. The van der Waals surface area contributed by atoms with Crippen molar-refractivity contribution in [3.05, 3.63) is 29.6 Å². The van der Waals surface area contributed by atoms with Crippen LogP contribution in [0.5, 0.6) is 0 Å². The highest BCUT2D eigenvalue weighted by Crippen LogP contribution is 2.35. The van der Waals surface area contributed by atoms with Crippen LogP contribution in [0.2, 0.25) is 0 Å². The highest BCUT2D eigenvalue weighted by Gasteiger charge is 2.38. The number of rotatable bonds is 1. The molecule has 1 aliphatic heterocycles. The number of halogens is 3. The number of piperidine rings is 1. The van der Waals surface area contributed by atoms with E-state index in [2.05, 4.69) is 25.8 Å². The summed E-state index contributed by atoms with van der Waals surface area (Å²) >= 11 is 0. The Labute approximate surface area is 128 Å². The summed E-state index contributed by atoms with van der Waals surface area (Å²) in [5, 5.41) is 0. The Morgan fingerprint density at radius 3 is 2.32 bits per heavy atom. The molecule has 122 valence electrons.